The Bertz CT molecular complexity index is 754. The van der Waals surface area contributed by atoms with E-state index in [9.17, 15) is 9.18 Å². The second-order valence-corrected chi connectivity index (χ2v) is 5.09. The SMILES string of the molecule is Cc1c(C2=CCN(C(=O)O)CC2)nnn1-c1ccccc1F. The van der Waals surface area contributed by atoms with Crippen molar-refractivity contribution in [2.24, 2.45) is 0 Å². The molecule has 0 radical (unpaired) electrons. The fourth-order valence-electron chi connectivity index (χ4n) is 2.54. The predicted molar refractivity (Wildman–Crippen MR) is 78.2 cm³/mol. The van der Waals surface area contributed by atoms with Crippen molar-refractivity contribution in [2.45, 2.75) is 13.3 Å². The zero-order chi connectivity index (χ0) is 15.7. The molecule has 0 saturated heterocycles. The molecule has 0 saturated carbocycles. The molecule has 0 fully saturated rings. The number of amides is 1. The highest BCUT2D eigenvalue weighted by Gasteiger charge is 2.21. The van der Waals surface area contributed by atoms with Gasteiger partial charge in [-0.1, -0.05) is 23.4 Å². The Morgan fingerprint density at radius 2 is 2.14 bits per heavy atom. The zero-order valence-electron chi connectivity index (χ0n) is 12.0. The molecule has 0 aliphatic carbocycles. The van der Waals surface area contributed by atoms with Gasteiger partial charge in [0.1, 0.15) is 17.2 Å². The Balaban J connectivity index is 1.92. The molecule has 2 aromatic rings. The molecule has 1 aromatic heterocycles. The highest BCUT2D eigenvalue weighted by atomic mass is 19.1. The van der Waals surface area contributed by atoms with Gasteiger partial charge in [0.15, 0.2) is 0 Å². The van der Waals surface area contributed by atoms with Crippen molar-refractivity contribution < 1.29 is 14.3 Å². The van der Waals surface area contributed by atoms with Crippen LogP contribution in [0.4, 0.5) is 9.18 Å². The third kappa shape index (κ3) is 2.45. The molecule has 0 atom stereocenters. The number of carbonyl (C=O) groups is 1. The minimum absolute atomic E-state index is 0.330. The predicted octanol–water partition coefficient (Wildman–Crippen LogP) is 2.48. The average Bonchev–Trinajstić information content (AvgIpc) is 2.89. The topological polar surface area (TPSA) is 71.2 Å². The van der Waals surface area contributed by atoms with Gasteiger partial charge in [-0.25, -0.2) is 13.9 Å². The van der Waals surface area contributed by atoms with E-state index in [0.717, 1.165) is 11.3 Å². The number of carboxylic acid groups (broad SMARTS) is 1. The maximum atomic E-state index is 13.9. The minimum atomic E-state index is -0.929. The van der Waals surface area contributed by atoms with Gasteiger partial charge in [-0.3, -0.25) is 0 Å². The summed E-state index contributed by atoms with van der Waals surface area (Å²) in [5.41, 5.74) is 2.72. The van der Waals surface area contributed by atoms with Gasteiger partial charge >= 0.3 is 6.09 Å². The van der Waals surface area contributed by atoms with Crippen LogP contribution in [-0.2, 0) is 0 Å². The van der Waals surface area contributed by atoms with Crippen LogP contribution in [0, 0.1) is 12.7 Å². The van der Waals surface area contributed by atoms with Crippen molar-refractivity contribution in [3.05, 3.63) is 47.5 Å². The van der Waals surface area contributed by atoms with E-state index in [1.165, 1.54) is 15.6 Å². The smallest absolute Gasteiger partial charge is 0.407 e. The Hall–Kier alpha value is -2.70. The van der Waals surface area contributed by atoms with E-state index in [1.807, 2.05) is 13.0 Å². The van der Waals surface area contributed by atoms with Gasteiger partial charge in [-0.15, -0.1) is 5.10 Å². The average molecular weight is 302 g/mol. The van der Waals surface area contributed by atoms with E-state index >= 15 is 0 Å². The lowest BCUT2D eigenvalue weighted by molar-refractivity contribution is 0.150. The van der Waals surface area contributed by atoms with Crippen molar-refractivity contribution in [3.63, 3.8) is 0 Å². The Kier molecular flexibility index (Phi) is 3.62. The molecule has 3 rings (SSSR count). The van der Waals surface area contributed by atoms with Crippen molar-refractivity contribution in [3.8, 4) is 5.69 Å². The van der Waals surface area contributed by atoms with E-state index in [1.54, 1.807) is 18.2 Å². The summed E-state index contributed by atoms with van der Waals surface area (Å²) >= 11 is 0. The summed E-state index contributed by atoms with van der Waals surface area (Å²) in [6, 6.07) is 6.38. The second-order valence-electron chi connectivity index (χ2n) is 5.09. The quantitative estimate of drug-likeness (QED) is 0.925. The summed E-state index contributed by atoms with van der Waals surface area (Å²) in [5, 5.41) is 17.1. The first kappa shape index (κ1) is 14.2. The minimum Gasteiger partial charge on any atom is -0.465 e. The molecule has 1 aliphatic heterocycles. The number of nitrogens with zero attached hydrogens (tertiary/aromatic N) is 4. The van der Waals surface area contributed by atoms with Gasteiger partial charge in [0, 0.05) is 13.1 Å². The number of rotatable bonds is 2. The van der Waals surface area contributed by atoms with Crippen molar-refractivity contribution >= 4 is 11.7 Å². The van der Waals surface area contributed by atoms with Crippen LogP contribution in [0.1, 0.15) is 17.8 Å². The molecule has 114 valence electrons. The summed E-state index contributed by atoms with van der Waals surface area (Å²) in [6.45, 7) is 2.58. The van der Waals surface area contributed by atoms with Crippen LogP contribution in [0.3, 0.4) is 0 Å². The first-order chi connectivity index (χ1) is 10.6. The van der Waals surface area contributed by atoms with Gasteiger partial charge in [-0.2, -0.15) is 0 Å². The fourth-order valence-corrected chi connectivity index (χ4v) is 2.54. The Morgan fingerprint density at radius 3 is 2.77 bits per heavy atom. The molecule has 1 N–H and O–H groups in total. The van der Waals surface area contributed by atoms with Crippen LogP contribution in [-0.4, -0.2) is 44.2 Å². The molecule has 6 nitrogen and oxygen atoms in total. The summed E-state index contributed by atoms with van der Waals surface area (Å²) in [5.74, 6) is -0.364. The maximum Gasteiger partial charge on any atom is 0.407 e. The molecule has 0 unspecified atom stereocenters. The van der Waals surface area contributed by atoms with Crippen LogP contribution in [0.15, 0.2) is 30.3 Å². The summed E-state index contributed by atoms with van der Waals surface area (Å²) in [7, 11) is 0. The van der Waals surface area contributed by atoms with Crippen LogP contribution < -0.4 is 0 Å². The van der Waals surface area contributed by atoms with Crippen LogP contribution in [0.2, 0.25) is 0 Å². The van der Waals surface area contributed by atoms with Crippen LogP contribution >= 0.6 is 0 Å². The molecule has 1 aliphatic rings. The number of halogens is 1. The number of benzene rings is 1. The van der Waals surface area contributed by atoms with E-state index < -0.39 is 6.09 Å². The monoisotopic (exact) mass is 302 g/mol. The third-order valence-electron chi connectivity index (χ3n) is 3.76. The standard InChI is InChI=1S/C15H15FN4O2/c1-10-14(11-6-8-19(9-7-11)15(21)22)17-18-20(10)13-5-3-2-4-12(13)16/h2-6H,7-9H2,1H3,(H,21,22). The van der Waals surface area contributed by atoms with E-state index in [4.69, 9.17) is 5.11 Å². The Labute approximate surface area is 126 Å². The molecule has 0 spiro atoms. The van der Waals surface area contributed by atoms with Crippen LogP contribution in [0.25, 0.3) is 11.3 Å². The molecule has 1 amide bonds. The van der Waals surface area contributed by atoms with Gasteiger partial charge < -0.3 is 10.0 Å². The molecule has 2 heterocycles. The summed E-state index contributed by atoms with van der Waals surface area (Å²) in [4.78, 5) is 12.2. The number of para-hydroxylation sites is 1. The maximum absolute atomic E-state index is 13.9. The number of aromatic nitrogens is 3. The molecular formula is C15H15FN4O2. The van der Waals surface area contributed by atoms with Gasteiger partial charge in [0.2, 0.25) is 0 Å². The lowest BCUT2D eigenvalue weighted by Crippen LogP contribution is -2.33. The van der Waals surface area contributed by atoms with Crippen molar-refractivity contribution in [1.29, 1.82) is 0 Å². The lowest BCUT2D eigenvalue weighted by Gasteiger charge is -2.23. The molecule has 0 bridgehead atoms. The molecular weight excluding hydrogens is 287 g/mol. The van der Waals surface area contributed by atoms with Gasteiger partial charge in [-0.05, 0) is 31.1 Å². The van der Waals surface area contributed by atoms with Gasteiger partial charge in [0.05, 0.1) is 5.69 Å². The van der Waals surface area contributed by atoms with Gasteiger partial charge in [0.25, 0.3) is 0 Å². The zero-order valence-corrected chi connectivity index (χ0v) is 12.0. The first-order valence-electron chi connectivity index (χ1n) is 6.92. The normalized spacial score (nSPS) is 14.8. The summed E-state index contributed by atoms with van der Waals surface area (Å²) < 4.78 is 15.3. The highest BCUT2D eigenvalue weighted by molar-refractivity contribution is 5.70. The van der Waals surface area contributed by atoms with E-state index in [2.05, 4.69) is 10.3 Å². The molecule has 22 heavy (non-hydrogen) atoms. The van der Waals surface area contributed by atoms with Crippen LogP contribution in [0.5, 0.6) is 0 Å². The molecule has 1 aromatic carbocycles. The second kappa shape index (κ2) is 5.59. The number of hydrogen-bond donors (Lipinski definition) is 1. The van der Waals surface area contributed by atoms with E-state index in [-0.39, 0.29) is 5.82 Å². The Morgan fingerprint density at radius 1 is 1.36 bits per heavy atom. The largest absolute Gasteiger partial charge is 0.465 e. The van der Waals surface area contributed by atoms with Crippen molar-refractivity contribution in [1.82, 2.24) is 19.9 Å². The first-order valence-corrected chi connectivity index (χ1v) is 6.92. The highest BCUT2D eigenvalue weighted by Crippen LogP contribution is 2.25. The molecule has 7 heteroatoms. The number of hydrogen-bond acceptors (Lipinski definition) is 3. The van der Waals surface area contributed by atoms with Crippen molar-refractivity contribution in [2.75, 3.05) is 13.1 Å². The third-order valence-corrected chi connectivity index (χ3v) is 3.76. The van der Waals surface area contributed by atoms with E-state index in [0.29, 0.717) is 30.9 Å². The fraction of sp³-hybridized carbons (Fsp3) is 0.267. The summed E-state index contributed by atoms with van der Waals surface area (Å²) in [6.07, 6.45) is 1.48. The lowest BCUT2D eigenvalue weighted by atomic mass is 10.0.